The van der Waals surface area contributed by atoms with Gasteiger partial charge in [-0.2, -0.15) is 0 Å². The first-order valence-electron chi connectivity index (χ1n) is 5.53. The maximum atomic E-state index is 13.3. The van der Waals surface area contributed by atoms with E-state index in [0.717, 1.165) is 19.5 Å². The van der Waals surface area contributed by atoms with Gasteiger partial charge in [0.15, 0.2) is 0 Å². The second kappa shape index (κ2) is 4.96. The van der Waals surface area contributed by atoms with E-state index in [0.29, 0.717) is 18.5 Å². The lowest BCUT2D eigenvalue weighted by molar-refractivity contribution is 0.187. The summed E-state index contributed by atoms with van der Waals surface area (Å²) in [7, 11) is 0. The number of hydrogen-bond acceptors (Lipinski definition) is 1. The van der Waals surface area contributed by atoms with E-state index in [9.17, 15) is 9.18 Å². The van der Waals surface area contributed by atoms with Crippen LogP contribution in [-0.4, -0.2) is 30.6 Å². The van der Waals surface area contributed by atoms with E-state index in [1.807, 2.05) is 6.07 Å². The molecule has 2 amide bonds. The van der Waals surface area contributed by atoms with Crippen molar-refractivity contribution in [2.24, 2.45) is 0 Å². The minimum atomic E-state index is -0.195. The van der Waals surface area contributed by atoms with Crippen molar-refractivity contribution in [3.05, 3.63) is 35.6 Å². The molecule has 3 nitrogen and oxygen atoms in total. The van der Waals surface area contributed by atoms with Crippen LogP contribution in [0.15, 0.2) is 24.3 Å². The lowest BCUT2D eigenvalue weighted by atomic mass is 10.1. The van der Waals surface area contributed by atoms with Crippen molar-refractivity contribution >= 4 is 6.03 Å². The van der Waals surface area contributed by atoms with Crippen LogP contribution in [0.4, 0.5) is 9.18 Å². The zero-order valence-electron chi connectivity index (χ0n) is 9.08. The zero-order chi connectivity index (χ0) is 11.4. The summed E-state index contributed by atoms with van der Waals surface area (Å²) in [6.07, 6.45) is 1.53. The maximum Gasteiger partial charge on any atom is 0.317 e. The van der Waals surface area contributed by atoms with Crippen LogP contribution >= 0.6 is 0 Å². The first-order chi connectivity index (χ1) is 7.77. The number of nitrogens with zero attached hydrogens (tertiary/aromatic N) is 1. The molecule has 0 aromatic heterocycles. The van der Waals surface area contributed by atoms with E-state index in [-0.39, 0.29) is 11.8 Å². The van der Waals surface area contributed by atoms with E-state index >= 15 is 0 Å². The van der Waals surface area contributed by atoms with Gasteiger partial charge in [-0.15, -0.1) is 0 Å². The Bertz CT molecular complexity index is 381. The van der Waals surface area contributed by atoms with Crippen molar-refractivity contribution in [3.8, 4) is 0 Å². The first-order valence-corrected chi connectivity index (χ1v) is 5.53. The van der Waals surface area contributed by atoms with Gasteiger partial charge < -0.3 is 10.2 Å². The van der Waals surface area contributed by atoms with Crippen molar-refractivity contribution in [3.63, 3.8) is 0 Å². The van der Waals surface area contributed by atoms with Gasteiger partial charge in [-0.1, -0.05) is 18.2 Å². The summed E-state index contributed by atoms with van der Waals surface area (Å²) in [5, 5.41) is 2.78. The summed E-state index contributed by atoms with van der Waals surface area (Å²) >= 11 is 0. The van der Waals surface area contributed by atoms with Crippen LogP contribution in [0.5, 0.6) is 0 Å². The summed E-state index contributed by atoms with van der Waals surface area (Å²) in [4.78, 5) is 13.2. The van der Waals surface area contributed by atoms with Gasteiger partial charge in [0.25, 0.3) is 0 Å². The summed E-state index contributed by atoms with van der Waals surface area (Å²) in [6, 6.07) is 6.66. The molecule has 1 fully saturated rings. The standard InChI is InChI=1S/C12H15FN2O/c13-11-5-2-1-4-10(11)6-9-15-8-3-7-14-12(15)16/h1-2,4-5H,3,6-9H2,(H,14,16). The van der Waals surface area contributed by atoms with Crippen LogP contribution in [0, 0.1) is 5.82 Å². The molecule has 0 aliphatic carbocycles. The lowest BCUT2D eigenvalue weighted by Crippen LogP contribution is -2.47. The Hall–Kier alpha value is -1.58. The van der Waals surface area contributed by atoms with Gasteiger partial charge in [0.05, 0.1) is 0 Å². The van der Waals surface area contributed by atoms with Gasteiger partial charge in [0.1, 0.15) is 5.82 Å². The molecule has 1 saturated heterocycles. The third-order valence-electron chi connectivity index (χ3n) is 2.78. The zero-order valence-corrected chi connectivity index (χ0v) is 9.08. The molecule has 0 saturated carbocycles. The molecule has 0 unspecified atom stereocenters. The molecule has 0 radical (unpaired) electrons. The Morgan fingerprint density at radius 1 is 1.38 bits per heavy atom. The highest BCUT2D eigenvalue weighted by atomic mass is 19.1. The fourth-order valence-corrected chi connectivity index (χ4v) is 1.85. The molecular weight excluding hydrogens is 207 g/mol. The number of amides is 2. The Labute approximate surface area is 94.3 Å². The van der Waals surface area contributed by atoms with Gasteiger partial charge >= 0.3 is 6.03 Å². The predicted octanol–water partition coefficient (Wildman–Crippen LogP) is 1.78. The first kappa shape index (κ1) is 10.9. The van der Waals surface area contributed by atoms with E-state index in [1.165, 1.54) is 6.07 Å². The SMILES string of the molecule is O=C1NCCCN1CCc1ccccc1F. The fourth-order valence-electron chi connectivity index (χ4n) is 1.85. The number of carbonyl (C=O) groups excluding carboxylic acids is 1. The average molecular weight is 222 g/mol. The minimum absolute atomic E-state index is 0.0393. The summed E-state index contributed by atoms with van der Waals surface area (Å²) in [5.74, 6) is -0.195. The predicted molar refractivity (Wildman–Crippen MR) is 59.7 cm³/mol. The second-order valence-electron chi connectivity index (χ2n) is 3.91. The number of benzene rings is 1. The molecule has 0 spiro atoms. The molecule has 0 atom stereocenters. The van der Waals surface area contributed by atoms with Crippen molar-refractivity contribution in [1.29, 1.82) is 0 Å². The lowest BCUT2D eigenvalue weighted by Gasteiger charge is -2.27. The van der Waals surface area contributed by atoms with E-state index in [2.05, 4.69) is 5.32 Å². The van der Waals surface area contributed by atoms with Crippen molar-refractivity contribution in [1.82, 2.24) is 10.2 Å². The Balaban J connectivity index is 1.92. The maximum absolute atomic E-state index is 13.3. The molecule has 1 heterocycles. The number of carbonyl (C=O) groups is 1. The molecule has 2 rings (SSSR count). The topological polar surface area (TPSA) is 32.3 Å². The molecule has 0 bridgehead atoms. The van der Waals surface area contributed by atoms with Crippen LogP contribution in [0.1, 0.15) is 12.0 Å². The van der Waals surface area contributed by atoms with Crippen LogP contribution in [0.2, 0.25) is 0 Å². The molecular formula is C12H15FN2O. The highest BCUT2D eigenvalue weighted by molar-refractivity contribution is 5.74. The van der Waals surface area contributed by atoms with Gasteiger partial charge in [0, 0.05) is 19.6 Å². The monoisotopic (exact) mass is 222 g/mol. The highest BCUT2D eigenvalue weighted by Crippen LogP contribution is 2.09. The van der Waals surface area contributed by atoms with Gasteiger partial charge in [-0.25, -0.2) is 9.18 Å². The highest BCUT2D eigenvalue weighted by Gasteiger charge is 2.17. The van der Waals surface area contributed by atoms with Crippen LogP contribution < -0.4 is 5.32 Å². The van der Waals surface area contributed by atoms with E-state index < -0.39 is 0 Å². The third-order valence-corrected chi connectivity index (χ3v) is 2.78. The summed E-state index contributed by atoms with van der Waals surface area (Å²) in [5.41, 5.74) is 0.667. The van der Waals surface area contributed by atoms with Crippen LogP contribution in [-0.2, 0) is 6.42 Å². The molecule has 1 aliphatic rings. The van der Waals surface area contributed by atoms with Crippen LogP contribution in [0.3, 0.4) is 0 Å². The number of urea groups is 1. The van der Waals surface area contributed by atoms with Gasteiger partial charge in [-0.3, -0.25) is 0 Å². The van der Waals surface area contributed by atoms with E-state index in [1.54, 1.807) is 17.0 Å². The van der Waals surface area contributed by atoms with Gasteiger partial charge in [-0.05, 0) is 24.5 Å². The number of nitrogens with one attached hydrogen (secondary N) is 1. The summed E-state index contributed by atoms with van der Waals surface area (Å²) < 4.78 is 13.3. The molecule has 1 aromatic rings. The van der Waals surface area contributed by atoms with Crippen LogP contribution in [0.25, 0.3) is 0 Å². The smallest absolute Gasteiger partial charge is 0.317 e. The molecule has 4 heteroatoms. The average Bonchev–Trinajstić information content (AvgIpc) is 2.30. The van der Waals surface area contributed by atoms with Crippen molar-refractivity contribution in [2.45, 2.75) is 12.8 Å². The number of hydrogen-bond donors (Lipinski definition) is 1. The Morgan fingerprint density at radius 2 is 2.19 bits per heavy atom. The largest absolute Gasteiger partial charge is 0.338 e. The van der Waals surface area contributed by atoms with E-state index in [4.69, 9.17) is 0 Å². The molecule has 1 aromatic carbocycles. The quantitative estimate of drug-likeness (QED) is 0.830. The van der Waals surface area contributed by atoms with Crippen molar-refractivity contribution < 1.29 is 9.18 Å². The molecule has 16 heavy (non-hydrogen) atoms. The molecule has 1 N–H and O–H groups in total. The van der Waals surface area contributed by atoms with Gasteiger partial charge in [0.2, 0.25) is 0 Å². The Kier molecular flexibility index (Phi) is 3.39. The fraction of sp³-hybridized carbons (Fsp3) is 0.417. The normalized spacial score (nSPS) is 16.1. The third kappa shape index (κ3) is 2.51. The second-order valence-corrected chi connectivity index (χ2v) is 3.91. The number of halogens is 1. The Morgan fingerprint density at radius 3 is 2.94 bits per heavy atom. The number of rotatable bonds is 3. The van der Waals surface area contributed by atoms with Crippen molar-refractivity contribution in [2.75, 3.05) is 19.6 Å². The molecule has 86 valence electrons. The summed E-state index contributed by atoms with van der Waals surface area (Å²) in [6.45, 7) is 2.09. The molecule has 1 aliphatic heterocycles. The minimum Gasteiger partial charge on any atom is -0.338 e.